The molecule has 37 heavy (non-hydrogen) atoms. The fraction of sp³-hybridized carbons (Fsp3) is 0.179. The van der Waals surface area contributed by atoms with E-state index >= 15 is 0 Å². The van der Waals surface area contributed by atoms with Crippen LogP contribution in [-0.2, 0) is 0 Å². The normalized spacial score (nSPS) is 10.8. The van der Waals surface area contributed by atoms with Gasteiger partial charge in [-0.3, -0.25) is 0 Å². The molecule has 0 unspecified atom stereocenters. The van der Waals surface area contributed by atoms with Crippen molar-refractivity contribution in [2.75, 3.05) is 13.2 Å². The van der Waals surface area contributed by atoms with Crippen molar-refractivity contribution in [3.05, 3.63) is 86.8 Å². The van der Waals surface area contributed by atoms with Crippen LogP contribution in [0.5, 0.6) is 11.5 Å². The van der Waals surface area contributed by atoms with Crippen LogP contribution in [0.25, 0.3) is 26.1 Å². The van der Waals surface area contributed by atoms with Crippen LogP contribution in [-0.4, -0.2) is 48.5 Å². The molecule has 0 N–H and O–H groups in total. The molecule has 0 bridgehead atoms. The minimum atomic E-state index is -0.981. The van der Waals surface area contributed by atoms with E-state index in [0.717, 1.165) is 15.2 Å². The van der Waals surface area contributed by atoms with Gasteiger partial charge in [-0.2, -0.15) is 0 Å². The number of hydrogen-bond acceptors (Lipinski definition) is 3. The van der Waals surface area contributed by atoms with Crippen LogP contribution in [0.4, 0.5) is 17.6 Å². The Hall–Kier alpha value is -2.83. The van der Waals surface area contributed by atoms with E-state index in [9.17, 15) is 22.4 Å². The summed E-state index contributed by atoms with van der Waals surface area (Å²) < 4.78 is 68.7. The third-order valence-electron chi connectivity index (χ3n) is 4.93. The molecule has 2 aromatic carbocycles. The molecule has 3 nitrogen and oxygen atoms in total. The Morgan fingerprint density at radius 1 is 0.676 bits per heavy atom. The van der Waals surface area contributed by atoms with Crippen molar-refractivity contribution in [1.29, 1.82) is 0 Å². The number of halogens is 4. The molecule has 2 aromatic heterocycles. The van der Waals surface area contributed by atoms with Gasteiger partial charge in [0, 0.05) is 0 Å². The molecule has 0 aliphatic carbocycles. The van der Waals surface area contributed by atoms with Crippen LogP contribution < -0.4 is 9.47 Å². The van der Waals surface area contributed by atoms with Crippen LogP contribution >= 0.6 is 0 Å². The van der Waals surface area contributed by atoms with Crippen LogP contribution in [0.15, 0.2) is 54.6 Å². The molecule has 0 saturated heterocycles. The first-order valence-corrected chi connectivity index (χ1v) is 14.8. The Balaban J connectivity index is 0.000000206. The summed E-state index contributed by atoms with van der Waals surface area (Å²) >= 11 is -0.241. The number of carbonyl (C=O) groups excluding carboxylic acids is 1. The number of rotatable bonds is 8. The van der Waals surface area contributed by atoms with Crippen molar-refractivity contribution in [2.45, 2.75) is 20.8 Å². The van der Waals surface area contributed by atoms with E-state index in [1.165, 1.54) is 18.2 Å². The molecule has 4 aromatic rings. The zero-order valence-electron chi connectivity index (χ0n) is 20.3. The van der Waals surface area contributed by atoms with Crippen molar-refractivity contribution in [2.24, 2.45) is 0 Å². The second kappa shape index (κ2) is 13.6. The van der Waals surface area contributed by atoms with Gasteiger partial charge in [0.05, 0.1) is 0 Å². The van der Waals surface area contributed by atoms with E-state index < -0.39 is 23.3 Å². The monoisotopic (exact) mass is 644 g/mol. The zero-order chi connectivity index (χ0) is 26.9. The van der Waals surface area contributed by atoms with E-state index in [1.807, 2.05) is 31.2 Å². The molecule has 0 radical (unpaired) electrons. The number of allylic oxidation sites excluding steroid dienone is 1. The Labute approximate surface area is 224 Å². The molecule has 0 amide bonds. The number of carbonyl (C=O) groups is 1. The van der Waals surface area contributed by atoms with Gasteiger partial charge in [-0.05, 0) is 0 Å². The van der Waals surface area contributed by atoms with Gasteiger partial charge in [0.25, 0.3) is 0 Å². The van der Waals surface area contributed by atoms with E-state index in [-0.39, 0.29) is 52.7 Å². The van der Waals surface area contributed by atoms with Gasteiger partial charge in [0.1, 0.15) is 0 Å². The second-order valence-corrected chi connectivity index (χ2v) is 12.0. The molecule has 9 heteroatoms. The average molecular weight is 642 g/mol. The van der Waals surface area contributed by atoms with Gasteiger partial charge < -0.3 is 0 Å². The standard InChI is InChI=1S/C15H14F2OSe.C13H10F2O2Se/c1-3-5-10-6-9-13(19-10)11-7-8-12(18-4-2)15(17)14(11)16;1-2-17-10-5-4-9(12(14)13(10)15)11-6-3-8(7-16)18-11/h3,5-9H,4H2,1-2H3;3-7H,2H2,1H3. The second-order valence-electron chi connectivity index (χ2n) is 7.37. The third-order valence-corrected chi connectivity index (χ3v) is 9.39. The van der Waals surface area contributed by atoms with Crippen LogP contribution in [0.1, 0.15) is 34.4 Å². The van der Waals surface area contributed by atoms with Crippen LogP contribution in [0.2, 0.25) is 0 Å². The van der Waals surface area contributed by atoms with Crippen LogP contribution in [0, 0.1) is 23.3 Å². The first kappa shape index (κ1) is 28.7. The summed E-state index contributed by atoms with van der Waals surface area (Å²) in [7, 11) is 0. The summed E-state index contributed by atoms with van der Waals surface area (Å²) in [5.41, 5.74) is 0.528. The molecule has 0 aliphatic heterocycles. The summed E-state index contributed by atoms with van der Waals surface area (Å²) in [6.45, 7) is 5.97. The SMILES string of the molecule is CC=Cc1ccc(-c2ccc(OCC)c(F)c2F)[se]1.CCOc1ccc(-c2ccc(C=O)[se]2)c(F)c1F. The van der Waals surface area contributed by atoms with Crippen LogP contribution in [0.3, 0.4) is 0 Å². The van der Waals surface area contributed by atoms with Gasteiger partial charge in [0.2, 0.25) is 0 Å². The maximum atomic E-state index is 14.0. The van der Waals surface area contributed by atoms with E-state index in [1.54, 1.807) is 32.0 Å². The molecular weight excluding hydrogens is 618 g/mol. The number of benzene rings is 2. The summed E-state index contributed by atoms with van der Waals surface area (Å²) in [5.74, 6) is -3.75. The molecule has 0 atom stereocenters. The van der Waals surface area contributed by atoms with Gasteiger partial charge >= 0.3 is 225 Å². The average Bonchev–Trinajstić information content (AvgIpc) is 3.56. The topological polar surface area (TPSA) is 35.5 Å². The Bertz CT molecular complexity index is 1390. The predicted octanol–water partition coefficient (Wildman–Crippen LogP) is 7.02. The van der Waals surface area contributed by atoms with Crippen molar-refractivity contribution in [3.8, 4) is 31.5 Å². The summed E-state index contributed by atoms with van der Waals surface area (Å²) in [6.07, 6.45) is 4.68. The van der Waals surface area contributed by atoms with Gasteiger partial charge in [-0.1, -0.05) is 0 Å². The summed E-state index contributed by atoms with van der Waals surface area (Å²) in [6, 6.07) is 13.1. The van der Waals surface area contributed by atoms with Crippen molar-refractivity contribution in [1.82, 2.24) is 0 Å². The molecule has 194 valence electrons. The van der Waals surface area contributed by atoms with E-state index in [0.29, 0.717) is 21.0 Å². The molecular formula is C28H24F4O3Se2. The van der Waals surface area contributed by atoms with Gasteiger partial charge in [0.15, 0.2) is 0 Å². The molecule has 0 fully saturated rings. The Morgan fingerprint density at radius 3 is 1.54 bits per heavy atom. The van der Waals surface area contributed by atoms with Crippen molar-refractivity contribution in [3.63, 3.8) is 0 Å². The van der Waals surface area contributed by atoms with Gasteiger partial charge in [-0.15, -0.1) is 0 Å². The molecule has 2 heterocycles. The quantitative estimate of drug-likeness (QED) is 0.118. The first-order valence-electron chi connectivity index (χ1n) is 11.3. The first-order chi connectivity index (χ1) is 17.8. The van der Waals surface area contributed by atoms with Crippen molar-refractivity contribution >= 4 is 41.4 Å². The minimum absolute atomic E-state index is 0.0208. The molecule has 0 aliphatic rings. The fourth-order valence-corrected chi connectivity index (χ4v) is 7.15. The number of aldehydes is 1. The predicted molar refractivity (Wildman–Crippen MR) is 140 cm³/mol. The van der Waals surface area contributed by atoms with E-state index in [4.69, 9.17) is 9.47 Å². The Morgan fingerprint density at radius 2 is 1.14 bits per heavy atom. The summed E-state index contributed by atoms with van der Waals surface area (Å²) in [5, 5.41) is 0. The fourth-order valence-electron chi connectivity index (χ4n) is 3.29. The zero-order valence-corrected chi connectivity index (χ0v) is 23.7. The number of ether oxygens (including phenoxy) is 2. The van der Waals surface area contributed by atoms with Gasteiger partial charge in [-0.25, -0.2) is 0 Å². The van der Waals surface area contributed by atoms with E-state index in [2.05, 4.69) is 0 Å². The number of hydrogen-bond donors (Lipinski definition) is 0. The summed E-state index contributed by atoms with van der Waals surface area (Å²) in [4.78, 5) is 10.6. The molecule has 0 saturated carbocycles. The molecule has 0 spiro atoms. The molecule has 4 rings (SSSR count). The third kappa shape index (κ3) is 6.93. The maximum absolute atomic E-state index is 14.0. The van der Waals surface area contributed by atoms with Crippen molar-refractivity contribution < 1.29 is 31.8 Å². The Kier molecular flexibility index (Phi) is 10.6.